The Hall–Kier alpha value is -1.07. The molecule has 2 aliphatic heterocycles. The number of likely N-dealkylation sites (tertiary alicyclic amines) is 2. The molecule has 0 saturated carbocycles. The normalized spacial score (nSPS) is 22.8. The Morgan fingerprint density at radius 2 is 1.88 bits per heavy atom. The van der Waals surface area contributed by atoms with Crippen LogP contribution in [0.25, 0.3) is 0 Å². The van der Waals surface area contributed by atoms with Crippen LogP contribution in [0.1, 0.15) is 69.3 Å². The first kappa shape index (κ1) is 19.7. The van der Waals surface area contributed by atoms with Crippen LogP contribution in [-0.2, 0) is 4.79 Å². The van der Waals surface area contributed by atoms with Gasteiger partial charge in [0, 0.05) is 25.6 Å². The largest absolute Gasteiger partial charge is 0.340 e. The van der Waals surface area contributed by atoms with Gasteiger partial charge in [-0.05, 0) is 72.4 Å². The van der Waals surface area contributed by atoms with Crippen molar-refractivity contribution >= 4 is 17.5 Å². The molecule has 3 rings (SSSR count). The Morgan fingerprint density at radius 3 is 2.54 bits per heavy atom. The molecule has 0 aromatic carbocycles. The van der Waals surface area contributed by atoms with Gasteiger partial charge in [-0.2, -0.15) is 5.10 Å². The van der Waals surface area contributed by atoms with Crippen LogP contribution in [0.3, 0.4) is 0 Å². The molecule has 2 saturated heterocycles. The minimum absolute atomic E-state index is 0.0369. The molecular formula is C20H33ClN4O. The molecule has 2 aliphatic rings. The van der Waals surface area contributed by atoms with Crippen molar-refractivity contribution < 1.29 is 4.79 Å². The van der Waals surface area contributed by atoms with Crippen molar-refractivity contribution in [1.29, 1.82) is 0 Å². The van der Waals surface area contributed by atoms with Crippen LogP contribution in [0.2, 0.25) is 5.02 Å². The second-order valence-electron chi connectivity index (χ2n) is 8.06. The molecule has 0 aliphatic carbocycles. The summed E-state index contributed by atoms with van der Waals surface area (Å²) >= 11 is 6.27. The van der Waals surface area contributed by atoms with E-state index < -0.39 is 0 Å². The molecule has 1 amide bonds. The number of nitrogens with zero attached hydrogens (tertiary/aromatic N) is 4. The second kappa shape index (κ2) is 8.75. The maximum Gasteiger partial charge on any atom is 0.224 e. The van der Waals surface area contributed by atoms with Gasteiger partial charge in [0.1, 0.15) is 0 Å². The summed E-state index contributed by atoms with van der Waals surface area (Å²) in [6.07, 6.45) is 7.80. The molecule has 3 heterocycles. The van der Waals surface area contributed by atoms with E-state index in [1.54, 1.807) is 0 Å². The summed E-state index contributed by atoms with van der Waals surface area (Å²) in [5.41, 5.74) is 1.79. The molecule has 1 aromatic heterocycles. The summed E-state index contributed by atoms with van der Waals surface area (Å²) in [6, 6.07) is 0.447. The molecule has 2 atom stereocenters. The fourth-order valence-corrected chi connectivity index (χ4v) is 4.62. The van der Waals surface area contributed by atoms with Gasteiger partial charge >= 0.3 is 0 Å². The standard InChI is InChI=1S/C20H33ClN4O/c1-15(25-17(3)20(21)16(2)22-25)14-19(26)24-12-5-4-8-18(24)9-13-23-10-6-7-11-23/h15,18H,4-14H2,1-3H3. The number of hydrogen-bond donors (Lipinski definition) is 0. The van der Waals surface area contributed by atoms with Crippen LogP contribution in [0.4, 0.5) is 0 Å². The van der Waals surface area contributed by atoms with Crippen LogP contribution < -0.4 is 0 Å². The third kappa shape index (κ3) is 4.42. The van der Waals surface area contributed by atoms with Crippen molar-refractivity contribution in [2.75, 3.05) is 26.2 Å². The predicted octanol–water partition coefficient (Wildman–Crippen LogP) is 3.97. The van der Waals surface area contributed by atoms with E-state index in [0.29, 0.717) is 17.5 Å². The summed E-state index contributed by atoms with van der Waals surface area (Å²) in [4.78, 5) is 17.7. The van der Waals surface area contributed by atoms with Gasteiger partial charge < -0.3 is 9.80 Å². The highest BCUT2D eigenvalue weighted by Crippen LogP contribution is 2.26. The molecule has 0 N–H and O–H groups in total. The van der Waals surface area contributed by atoms with Crippen molar-refractivity contribution in [1.82, 2.24) is 19.6 Å². The average Bonchev–Trinajstić information content (AvgIpc) is 3.24. The lowest BCUT2D eigenvalue weighted by molar-refractivity contribution is -0.135. The first-order valence-electron chi connectivity index (χ1n) is 10.2. The maximum atomic E-state index is 13.0. The van der Waals surface area contributed by atoms with Gasteiger partial charge in [-0.15, -0.1) is 0 Å². The molecule has 0 radical (unpaired) electrons. The molecule has 5 nitrogen and oxygen atoms in total. The quantitative estimate of drug-likeness (QED) is 0.749. The Bertz CT molecular complexity index is 624. The van der Waals surface area contributed by atoms with Gasteiger partial charge in [-0.3, -0.25) is 9.48 Å². The Morgan fingerprint density at radius 1 is 1.19 bits per heavy atom. The molecule has 2 fully saturated rings. The third-order valence-corrected chi connectivity index (χ3v) is 6.60. The van der Waals surface area contributed by atoms with Crippen molar-refractivity contribution in [2.24, 2.45) is 0 Å². The monoisotopic (exact) mass is 380 g/mol. The van der Waals surface area contributed by atoms with Gasteiger partial charge in [0.05, 0.1) is 22.5 Å². The first-order valence-corrected chi connectivity index (χ1v) is 10.6. The molecule has 6 heteroatoms. The lowest BCUT2D eigenvalue weighted by Crippen LogP contribution is -2.45. The number of piperidine rings is 1. The first-order chi connectivity index (χ1) is 12.5. The maximum absolute atomic E-state index is 13.0. The molecule has 1 aromatic rings. The average molecular weight is 381 g/mol. The van der Waals surface area contributed by atoms with E-state index in [1.807, 2.05) is 18.5 Å². The van der Waals surface area contributed by atoms with Crippen LogP contribution in [0, 0.1) is 13.8 Å². The van der Waals surface area contributed by atoms with Crippen LogP contribution in [0.15, 0.2) is 0 Å². The minimum atomic E-state index is 0.0369. The van der Waals surface area contributed by atoms with E-state index >= 15 is 0 Å². The third-order valence-electron chi connectivity index (χ3n) is 6.05. The van der Waals surface area contributed by atoms with E-state index in [0.717, 1.165) is 43.7 Å². The molecule has 26 heavy (non-hydrogen) atoms. The predicted molar refractivity (Wildman–Crippen MR) is 106 cm³/mol. The van der Waals surface area contributed by atoms with Crippen molar-refractivity contribution in [3.8, 4) is 0 Å². The lowest BCUT2D eigenvalue weighted by Gasteiger charge is -2.37. The van der Waals surface area contributed by atoms with E-state index in [-0.39, 0.29) is 11.9 Å². The van der Waals surface area contributed by atoms with E-state index in [2.05, 4.69) is 21.8 Å². The van der Waals surface area contributed by atoms with E-state index in [1.165, 1.54) is 32.4 Å². The summed E-state index contributed by atoms with van der Waals surface area (Å²) in [6.45, 7) is 10.5. The lowest BCUT2D eigenvalue weighted by atomic mass is 9.98. The fraction of sp³-hybridized carbons (Fsp3) is 0.800. The number of aryl methyl sites for hydroxylation is 1. The van der Waals surface area contributed by atoms with Gasteiger partial charge in [0.25, 0.3) is 0 Å². The molecule has 146 valence electrons. The van der Waals surface area contributed by atoms with Gasteiger partial charge in [-0.25, -0.2) is 0 Å². The number of carbonyl (C=O) groups excluding carboxylic acids is 1. The fourth-order valence-electron chi connectivity index (χ4n) is 4.50. The van der Waals surface area contributed by atoms with E-state index in [4.69, 9.17) is 11.6 Å². The number of halogens is 1. The number of amides is 1. The van der Waals surface area contributed by atoms with Gasteiger partial charge in [0.15, 0.2) is 0 Å². The highest BCUT2D eigenvalue weighted by Gasteiger charge is 2.29. The topological polar surface area (TPSA) is 41.4 Å². The van der Waals surface area contributed by atoms with Crippen LogP contribution in [0.5, 0.6) is 0 Å². The summed E-state index contributed by atoms with van der Waals surface area (Å²) in [5.74, 6) is 0.271. The summed E-state index contributed by atoms with van der Waals surface area (Å²) in [7, 11) is 0. The molecule has 2 unspecified atom stereocenters. The smallest absolute Gasteiger partial charge is 0.224 e. The highest BCUT2D eigenvalue weighted by molar-refractivity contribution is 6.31. The Kier molecular flexibility index (Phi) is 6.62. The molecule has 0 bridgehead atoms. The SMILES string of the molecule is Cc1nn(C(C)CC(=O)N2CCCCC2CCN2CCCC2)c(C)c1Cl. The zero-order chi connectivity index (χ0) is 18.7. The highest BCUT2D eigenvalue weighted by atomic mass is 35.5. The number of carbonyl (C=O) groups is 1. The zero-order valence-corrected chi connectivity index (χ0v) is 17.3. The van der Waals surface area contributed by atoms with Crippen molar-refractivity contribution in [3.63, 3.8) is 0 Å². The summed E-state index contributed by atoms with van der Waals surface area (Å²) in [5, 5.41) is 5.24. The van der Waals surface area contributed by atoms with E-state index in [9.17, 15) is 4.79 Å². The van der Waals surface area contributed by atoms with Crippen molar-refractivity contribution in [3.05, 3.63) is 16.4 Å². The van der Waals surface area contributed by atoms with Gasteiger partial charge in [0.2, 0.25) is 5.91 Å². The number of aromatic nitrogens is 2. The Labute approximate surface area is 162 Å². The van der Waals surface area contributed by atoms with Crippen LogP contribution >= 0.6 is 11.6 Å². The second-order valence-corrected chi connectivity index (χ2v) is 8.43. The Balaban J connectivity index is 1.59. The van der Waals surface area contributed by atoms with Crippen LogP contribution in [-0.4, -0.2) is 57.7 Å². The number of hydrogen-bond acceptors (Lipinski definition) is 3. The van der Waals surface area contributed by atoms with Crippen molar-refractivity contribution in [2.45, 2.75) is 77.8 Å². The summed E-state index contributed by atoms with van der Waals surface area (Å²) < 4.78 is 1.92. The zero-order valence-electron chi connectivity index (χ0n) is 16.5. The number of rotatable bonds is 6. The minimum Gasteiger partial charge on any atom is -0.340 e. The molecular weight excluding hydrogens is 348 g/mol. The van der Waals surface area contributed by atoms with Gasteiger partial charge in [-0.1, -0.05) is 11.6 Å². The molecule has 0 spiro atoms.